The Kier molecular flexibility index (Phi) is 5.53. The van der Waals surface area contributed by atoms with Crippen molar-refractivity contribution in [1.29, 1.82) is 0 Å². The van der Waals surface area contributed by atoms with Crippen LogP contribution >= 0.6 is 0 Å². The highest BCUT2D eigenvalue weighted by Crippen LogP contribution is 2.04. The molecule has 4 atom stereocenters. The van der Waals surface area contributed by atoms with Gasteiger partial charge >= 0.3 is 0 Å². The number of aliphatic hydroxyl groups excluding tert-OH is 5. The SMILES string of the molecule is NNC(=O)[C@H](O)[C@H](O)[C@@H](O)[C@H](O)CO. The predicted octanol–water partition coefficient (Wildman–Crippen LogP) is -4.59. The molecule has 0 rings (SSSR count). The first-order chi connectivity index (χ1) is 6.45. The largest absolute Gasteiger partial charge is 0.394 e. The Hall–Kier alpha value is -0.770. The van der Waals surface area contributed by atoms with Crippen LogP contribution in [0.4, 0.5) is 0 Å². The van der Waals surface area contributed by atoms with E-state index >= 15 is 0 Å². The van der Waals surface area contributed by atoms with E-state index in [9.17, 15) is 4.79 Å². The van der Waals surface area contributed by atoms with E-state index in [-0.39, 0.29) is 0 Å². The molecule has 0 aliphatic heterocycles. The number of hydrogen-bond donors (Lipinski definition) is 7. The van der Waals surface area contributed by atoms with Crippen molar-refractivity contribution in [1.82, 2.24) is 5.43 Å². The summed E-state index contributed by atoms with van der Waals surface area (Å²) in [5, 5.41) is 44.4. The molecule has 0 aliphatic rings. The molecular formula is C6H14N2O6. The summed E-state index contributed by atoms with van der Waals surface area (Å²) in [6.07, 6.45) is -7.39. The number of nitrogens with one attached hydrogen (secondary N) is 1. The first-order valence-corrected chi connectivity index (χ1v) is 3.79. The molecular weight excluding hydrogens is 196 g/mol. The van der Waals surface area contributed by atoms with Crippen LogP contribution in [0.3, 0.4) is 0 Å². The number of rotatable bonds is 5. The average Bonchev–Trinajstić information content (AvgIpc) is 2.23. The zero-order chi connectivity index (χ0) is 11.3. The highest BCUT2D eigenvalue weighted by atomic mass is 16.4. The summed E-state index contributed by atoms with van der Waals surface area (Å²) < 4.78 is 0. The average molecular weight is 210 g/mol. The molecule has 0 saturated heterocycles. The van der Waals surface area contributed by atoms with Crippen LogP contribution in [0, 0.1) is 0 Å². The molecule has 0 aromatic carbocycles. The zero-order valence-electron chi connectivity index (χ0n) is 7.24. The Labute approximate surface area is 79.6 Å². The summed E-state index contributed by atoms with van der Waals surface area (Å²) in [6, 6.07) is 0. The summed E-state index contributed by atoms with van der Waals surface area (Å²) >= 11 is 0. The first kappa shape index (κ1) is 13.2. The molecule has 0 aromatic rings. The quantitative estimate of drug-likeness (QED) is 0.137. The van der Waals surface area contributed by atoms with Gasteiger partial charge in [0.05, 0.1) is 6.61 Å². The molecule has 0 unspecified atom stereocenters. The van der Waals surface area contributed by atoms with Crippen LogP contribution < -0.4 is 11.3 Å². The monoisotopic (exact) mass is 210 g/mol. The van der Waals surface area contributed by atoms with E-state index in [4.69, 9.17) is 25.5 Å². The van der Waals surface area contributed by atoms with Crippen LogP contribution in [0.1, 0.15) is 0 Å². The number of nitrogens with two attached hydrogens (primary N) is 1. The van der Waals surface area contributed by atoms with Crippen molar-refractivity contribution in [3.63, 3.8) is 0 Å². The van der Waals surface area contributed by atoms with Crippen LogP contribution in [0.5, 0.6) is 0 Å². The summed E-state index contributed by atoms with van der Waals surface area (Å²) in [6.45, 7) is -0.810. The van der Waals surface area contributed by atoms with Gasteiger partial charge in [-0.05, 0) is 0 Å². The fourth-order valence-electron chi connectivity index (χ4n) is 0.763. The molecule has 84 valence electrons. The number of amides is 1. The van der Waals surface area contributed by atoms with E-state index in [0.717, 1.165) is 0 Å². The zero-order valence-corrected chi connectivity index (χ0v) is 7.24. The van der Waals surface area contributed by atoms with Crippen LogP contribution in [0.15, 0.2) is 0 Å². The van der Waals surface area contributed by atoms with Crippen molar-refractivity contribution >= 4 is 5.91 Å². The molecule has 0 aromatic heterocycles. The third kappa shape index (κ3) is 3.18. The Balaban J connectivity index is 4.30. The fourth-order valence-corrected chi connectivity index (χ4v) is 0.763. The number of carbonyl (C=O) groups excluding carboxylic acids is 1. The lowest BCUT2D eigenvalue weighted by molar-refractivity contribution is -0.148. The van der Waals surface area contributed by atoms with Gasteiger partial charge < -0.3 is 25.5 Å². The van der Waals surface area contributed by atoms with Crippen molar-refractivity contribution in [2.24, 2.45) is 5.84 Å². The Bertz CT molecular complexity index is 189. The summed E-state index contributed by atoms with van der Waals surface area (Å²) in [4.78, 5) is 10.7. The van der Waals surface area contributed by atoms with Crippen molar-refractivity contribution in [2.45, 2.75) is 24.4 Å². The van der Waals surface area contributed by atoms with E-state index in [1.165, 1.54) is 0 Å². The van der Waals surface area contributed by atoms with E-state index < -0.39 is 36.9 Å². The number of hydrazine groups is 1. The fraction of sp³-hybridized carbons (Fsp3) is 0.833. The standard InChI is InChI=1S/C6H14N2O6/c7-8-6(14)5(13)4(12)3(11)2(10)1-9/h2-5,9-13H,1,7H2,(H,8,14)/t2-,3+,4-,5-/m1/s1. The molecule has 0 saturated carbocycles. The van der Waals surface area contributed by atoms with Crippen LogP contribution in [-0.2, 0) is 4.79 Å². The predicted molar refractivity (Wildman–Crippen MR) is 43.4 cm³/mol. The van der Waals surface area contributed by atoms with Gasteiger partial charge in [-0.15, -0.1) is 0 Å². The van der Waals surface area contributed by atoms with Crippen LogP contribution in [-0.4, -0.2) is 62.5 Å². The maximum atomic E-state index is 10.7. The van der Waals surface area contributed by atoms with Gasteiger partial charge in [0.1, 0.15) is 18.3 Å². The van der Waals surface area contributed by atoms with Crippen LogP contribution in [0.25, 0.3) is 0 Å². The molecule has 14 heavy (non-hydrogen) atoms. The second kappa shape index (κ2) is 5.86. The van der Waals surface area contributed by atoms with Crippen molar-refractivity contribution < 1.29 is 30.3 Å². The number of aliphatic hydroxyl groups is 5. The van der Waals surface area contributed by atoms with Crippen molar-refractivity contribution in [3.05, 3.63) is 0 Å². The molecule has 0 fully saturated rings. The van der Waals surface area contributed by atoms with Gasteiger partial charge in [0, 0.05) is 0 Å². The third-order valence-electron chi connectivity index (χ3n) is 1.67. The third-order valence-corrected chi connectivity index (χ3v) is 1.67. The lowest BCUT2D eigenvalue weighted by Crippen LogP contribution is -2.52. The molecule has 8 heteroatoms. The number of hydrogen-bond acceptors (Lipinski definition) is 7. The minimum atomic E-state index is -1.98. The second-order valence-electron chi connectivity index (χ2n) is 2.68. The molecule has 8 N–H and O–H groups in total. The van der Waals surface area contributed by atoms with Gasteiger partial charge in [-0.25, -0.2) is 5.84 Å². The van der Waals surface area contributed by atoms with Gasteiger partial charge in [-0.1, -0.05) is 0 Å². The van der Waals surface area contributed by atoms with Gasteiger partial charge in [0.15, 0.2) is 6.10 Å². The number of carbonyl (C=O) groups is 1. The van der Waals surface area contributed by atoms with E-state index in [0.29, 0.717) is 0 Å². The van der Waals surface area contributed by atoms with Gasteiger partial charge in [-0.3, -0.25) is 10.2 Å². The first-order valence-electron chi connectivity index (χ1n) is 3.79. The minimum Gasteiger partial charge on any atom is -0.394 e. The minimum absolute atomic E-state index is 0.810. The summed E-state index contributed by atoms with van der Waals surface area (Å²) in [7, 11) is 0. The molecule has 0 aliphatic carbocycles. The Morgan fingerprint density at radius 3 is 2.07 bits per heavy atom. The maximum absolute atomic E-state index is 10.7. The molecule has 1 amide bonds. The lowest BCUT2D eigenvalue weighted by Gasteiger charge is -2.24. The topological polar surface area (TPSA) is 156 Å². The maximum Gasteiger partial charge on any atom is 0.265 e. The lowest BCUT2D eigenvalue weighted by atomic mass is 10.0. The van der Waals surface area contributed by atoms with Gasteiger partial charge in [0.25, 0.3) is 5.91 Å². The Morgan fingerprint density at radius 2 is 1.71 bits per heavy atom. The molecule has 8 nitrogen and oxygen atoms in total. The van der Waals surface area contributed by atoms with Crippen molar-refractivity contribution in [3.8, 4) is 0 Å². The Morgan fingerprint density at radius 1 is 1.21 bits per heavy atom. The van der Waals surface area contributed by atoms with Gasteiger partial charge in [-0.2, -0.15) is 0 Å². The normalized spacial score (nSPS) is 19.6. The molecule has 0 bridgehead atoms. The molecule has 0 spiro atoms. The highest BCUT2D eigenvalue weighted by Gasteiger charge is 2.33. The smallest absolute Gasteiger partial charge is 0.265 e. The van der Waals surface area contributed by atoms with E-state index in [1.54, 1.807) is 5.43 Å². The summed E-state index contributed by atoms with van der Waals surface area (Å²) in [5.74, 6) is 3.55. The molecule has 0 radical (unpaired) electrons. The van der Waals surface area contributed by atoms with E-state index in [2.05, 4.69) is 5.84 Å². The van der Waals surface area contributed by atoms with Crippen molar-refractivity contribution in [2.75, 3.05) is 6.61 Å². The van der Waals surface area contributed by atoms with Crippen LogP contribution in [0.2, 0.25) is 0 Å². The second-order valence-corrected chi connectivity index (χ2v) is 2.68. The van der Waals surface area contributed by atoms with Gasteiger partial charge in [0.2, 0.25) is 0 Å². The van der Waals surface area contributed by atoms with E-state index in [1.807, 2.05) is 0 Å². The summed E-state index contributed by atoms with van der Waals surface area (Å²) in [5.41, 5.74) is 1.55. The molecule has 0 heterocycles. The highest BCUT2D eigenvalue weighted by molar-refractivity contribution is 5.80.